The lowest BCUT2D eigenvalue weighted by Crippen LogP contribution is -2.27. The van der Waals surface area contributed by atoms with Crippen LogP contribution in [0.25, 0.3) is 0 Å². The van der Waals surface area contributed by atoms with Gasteiger partial charge in [-0.3, -0.25) is 0 Å². The molecule has 1 aliphatic rings. The maximum Gasteiger partial charge on any atom is 0.123 e. The second-order valence-electron chi connectivity index (χ2n) is 4.68. The highest BCUT2D eigenvalue weighted by Crippen LogP contribution is 2.36. The van der Waals surface area contributed by atoms with Gasteiger partial charge in [-0.2, -0.15) is 0 Å². The standard InChI is InChI=1S/C14H20FNOS/c1-2-11(17)5-7-16-13-6-8-18-14-4-3-10(15)9-12(13)14/h3-4,9,11,13,16-17H,2,5-8H2,1H3. The molecule has 1 aromatic carbocycles. The maximum absolute atomic E-state index is 13.3. The van der Waals surface area contributed by atoms with Crippen molar-refractivity contribution in [3.63, 3.8) is 0 Å². The average Bonchev–Trinajstić information content (AvgIpc) is 2.39. The van der Waals surface area contributed by atoms with E-state index >= 15 is 0 Å². The number of hydrogen-bond donors (Lipinski definition) is 2. The summed E-state index contributed by atoms with van der Waals surface area (Å²) in [5.41, 5.74) is 1.07. The van der Waals surface area contributed by atoms with Gasteiger partial charge in [0.05, 0.1) is 6.10 Å². The van der Waals surface area contributed by atoms with E-state index in [0.29, 0.717) is 0 Å². The number of aliphatic hydroxyl groups is 1. The average molecular weight is 269 g/mol. The Bertz CT molecular complexity index is 399. The second kappa shape index (κ2) is 6.55. The van der Waals surface area contributed by atoms with E-state index in [-0.39, 0.29) is 18.0 Å². The Balaban J connectivity index is 1.97. The summed E-state index contributed by atoms with van der Waals surface area (Å²) in [6.07, 6.45) is 2.32. The normalized spacial score (nSPS) is 20.5. The summed E-state index contributed by atoms with van der Waals surface area (Å²) >= 11 is 1.79. The van der Waals surface area contributed by atoms with Crippen LogP contribution in [0.5, 0.6) is 0 Å². The van der Waals surface area contributed by atoms with Gasteiger partial charge in [-0.25, -0.2) is 4.39 Å². The number of hydrogen-bond acceptors (Lipinski definition) is 3. The first kappa shape index (κ1) is 13.8. The molecule has 2 atom stereocenters. The first-order chi connectivity index (χ1) is 8.70. The van der Waals surface area contributed by atoms with Gasteiger partial charge in [-0.15, -0.1) is 11.8 Å². The molecular formula is C14H20FNOS. The van der Waals surface area contributed by atoms with Gasteiger partial charge in [0.2, 0.25) is 0 Å². The van der Waals surface area contributed by atoms with Crippen LogP contribution in [-0.2, 0) is 0 Å². The van der Waals surface area contributed by atoms with Gasteiger partial charge in [-0.1, -0.05) is 6.92 Å². The molecular weight excluding hydrogens is 249 g/mol. The molecule has 0 aromatic heterocycles. The number of thioether (sulfide) groups is 1. The minimum Gasteiger partial charge on any atom is -0.393 e. The van der Waals surface area contributed by atoms with Crippen LogP contribution >= 0.6 is 11.8 Å². The molecule has 0 saturated carbocycles. The fourth-order valence-electron chi connectivity index (χ4n) is 2.21. The van der Waals surface area contributed by atoms with Crippen LogP contribution in [0, 0.1) is 5.82 Å². The molecule has 18 heavy (non-hydrogen) atoms. The van der Waals surface area contributed by atoms with Gasteiger partial charge in [0.1, 0.15) is 5.82 Å². The molecule has 0 spiro atoms. The monoisotopic (exact) mass is 269 g/mol. The van der Waals surface area contributed by atoms with Crippen LogP contribution in [-0.4, -0.2) is 23.5 Å². The first-order valence-corrected chi connectivity index (χ1v) is 7.53. The molecule has 2 rings (SSSR count). The zero-order valence-corrected chi connectivity index (χ0v) is 11.5. The van der Waals surface area contributed by atoms with Crippen LogP contribution in [0.1, 0.15) is 37.8 Å². The molecule has 1 aliphatic heterocycles. The summed E-state index contributed by atoms with van der Waals surface area (Å²) < 4.78 is 13.3. The van der Waals surface area contributed by atoms with E-state index < -0.39 is 0 Å². The fourth-order valence-corrected chi connectivity index (χ4v) is 3.31. The molecule has 1 heterocycles. The third-order valence-corrected chi connectivity index (χ3v) is 4.47. The SMILES string of the molecule is CCC(O)CCNC1CCSc2ccc(F)cc21. The highest BCUT2D eigenvalue weighted by atomic mass is 32.2. The molecule has 0 fully saturated rings. The van der Waals surface area contributed by atoms with E-state index in [0.717, 1.165) is 37.1 Å². The van der Waals surface area contributed by atoms with Gasteiger partial charge in [-0.05, 0) is 55.3 Å². The fraction of sp³-hybridized carbons (Fsp3) is 0.571. The van der Waals surface area contributed by atoms with Crippen molar-refractivity contribution in [1.82, 2.24) is 5.32 Å². The first-order valence-electron chi connectivity index (χ1n) is 6.54. The minimum atomic E-state index is -0.234. The van der Waals surface area contributed by atoms with Gasteiger partial charge < -0.3 is 10.4 Å². The van der Waals surface area contributed by atoms with Crippen LogP contribution in [0.4, 0.5) is 4.39 Å². The summed E-state index contributed by atoms with van der Waals surface area (Å²) in [6.45, 7) is 2.76. The Morgan fingerprint density at radius 3 is 3.17 bits per heavy atom. The Kier molecular flexibility index (Phi) is 5.03. The highest BCUT2D eigenvalue weighted by Gasteiger charge is 2.20. The topological polar surface area (TPSA) is 32.3 Å². The molecule has 0 bridgehead atoms. The number of fused-ring (bicyclic) bond motifs is 1. The molecule has 4 heteroatoms. The molecule has 0 radical (unpaired) electrons. The number of halogens is 1. The molecule has 2 N–H and O–H groups in total. The van der Waals surface area contributed by atoms with Gasteiger partial charge in [0, 0.05) is 10.9 Å². The summed E-state index contributed by atoms with van der Waals surface area (Å²) in [6, 6.07) is 5.25. The van der Waals surface area contributed by atoms with E-state index in [1.54, 1.807) is 17.8 Å². The third kappa shape index (κ3) is 3.46. The molecule has 0 amide bonds. The Labute approximate surface area is 112 Å². The van der Waals surface area contributed by atoms with E-state index in [1.807, 2.05) is 13.0 Å². The summed E-state index contributed by atoms with van der Waals surface area (Å²) in [4.78, 5) is 1.18. The maximum atomic E-state index is 13.3. The molecule has 2 unspecified atom stereocenters. The van der Waals surface area contributed by atoms with Crippen LogP contribution < -0.4 is 5.32 Å². The van der Waals surface area contributed by atoms with Gasteiger partial charge in [0.15, 0.2) is 0 Å². The molecule has 2 nitrogen and oxygen atoms in total. The van der Waals surface area contributed by atoms with Crippen molar-refractivity contribution in [3.8, 4) is 0 Å². The van der Waals surface area contributed by atoms with Crippen molar-refractivity contribution < 1.29 is 9.50 Å². The predicted octanol–water partition coefficient (Wildman–Crippen LogP) is 3.11. The molecule has 100 valence electrons. The van der Waals surface area contributed by atoms with E-state index in [1.165, 1.54) is 11.0 Å². The molecule has 0 saturated heterocycles. The van der Waals surface area contributed by atoms with Crippen molar-refractivity contribution >= 4 is 11.8 Å². The smallest absolute Gasteiger partial charge is 0.123 e. The van der Waals surface area contributed by atoms with E-state index in [2.05, 4.69) is 5.32 Å². The largest absolute Gasteiger partial charge is 0.393 e. The molecule has 1 aromatic rings. The van der Waals surface area contributed by atoms with Crippen molar-refractivity contribution in [2.75, 3.05) is 12.3 Å². The zero-order valence-electron chi connectivity index (χ0n) is 10.7. The third-order valence-electron chi connectivity index (χ3n) is 3.35. The summed E-state index contributed by atoms with van der Waals surface area (Å²) in [5.74, 6) is 0.892. The van der Waals surface area contributed by atoms with Crippen molar-refractivity contribution in [1.29, 1.82) is 0 Å². The van der Waals surface area contributed by atoms with Crippen molar-refractivity contribution in [2.24, 2.45) is 0 Å². The lowest BCUT2D eigenvalue weighted by molar-refractivity contribution is 0.158. The predicted molar refractivity (Wildman–Crippen MR) is 73.4 cm³/mol. The Hall–Kier alpha value is -0.580. The number of rotatable bonds is 5. The Morgan fingerprint density at radius 2 is 2.39 bits per heavy atom. The summed E-state index contributed by atoms with van der Waals surface area (Å²) in [7, 11) is 0. The van der Waals surface area contributed by atoms with E-state index in [9.17, 15) is 9.50 Å². The lowest BCUT2D eigenvalue weighted by Gasteiger charge is -2.26. The zero-order chi connectivity index (χ0) is 13.0. The van der Waals surface area contributed by atoms with Crippen LogP contribution in [0.2, 0.25) is 0 Å². The van der Waals surface area contributed by atoms with Crippen LogP contribution in [0.15, 0.2) is 23.1 Å². The molecule has 0 aliphatic carbocycles. The van der Waals surface area contributed by atoms with Gasteiger partial charge in [0.25, 0.3) is 0 Å². The minimum absolute atomic E-state index is 0.170. The lowest BCUT2D eigenvalue weighted by atomic mass is 10.0. The number of benzene rings is 1. The van der Waals surface area contributed by atoms with Crippen LogP contribution in [0.3, 0.4) is 0 Å². The Morgan fingerprint density at radius 1 is 1.56 bits per heavy atom. The number of nitrogens with one attached hydrogen (secondary N) is 1. The van der Waals surface area contributed by atoms with Crippen molar-refractivity contribution in [2.45, 2.75) is 43.2 Å². The van der Waals surface area contributed by atoms with E-state index in [4.69, 9.17) is 0 Å². The quantitative estimate of drug-likeness (QED) is 0.861. The van der Waals surface area contributed by atoms with Gasteiger partial charge >= 0.3 is 0 Å². The second-order valence-corrected chi connectivity index (χ2v) is 5.81. The van der Waals surface area contributed by atoms with Crippen molar-refractivity contribution in [3.05, 3.63) is 29.6 Å². The summed E-state index contributed by atoms with van der Waals surface area (Å²) in [5, 5.41) is 13.0. The number of aliphatic hydroxyl groups excluding tert-OH is 1. The highest BCUT2D eigenvalue weighted by molar-refractivity contribution is 7.99.